The average molecular weight is 408 g/mol. The standard InChI is InChI=1S/C18H6Cl4N2O/c19-9-5-6-10-12-11(9)13(20)14(21)15(22)16(12)24-17(23-10)7-3-1-2-4-8(7)18(24)25/h1-6H. The minimum Gasteiger partial charge on any atom is -0.268 e. The maximum Gasteiger partial charge on any atom is 0.264 e. The number of carbonyl (C=O) groups is 1. The normalized spacial score (nSPS) is 14.6. The smallest absolute Gasteiger partial charge is 0.264 e. The minimum atomic E-state index is -0.207. The molecule has 0 fully saturated rings. The Labute approximate surface area is 162 Å². The van der Waals surface area contributed by atoms with Gasteiger partial charge in [0.1, 0.15) is 5.84 Å². The van der Waals surface area contributed by atoms with Crippen LogP contribution < -0.4 is 4.90 Å². The Morgan fingerprint density at radius 1 is 0.800 bits per heavy atom. The van der Waals surface area contributed by atoms with Gasteiger partial charge in [-0.1, -0.05) is 64.6 Å². The summed E-state index contributed by atoms with van der Waals surface area (Å²) in [5.41, 5.74) is 2.43. The Kier molecular flexibility index (Phi) is 3.17. The number of nitrogens with zero attached hydrogens (tertiary/aromatic N) is 2. The molecule has 0 bridgehead atoms. The van der Waals surface area contributed by atoms with Crippen LogP contribution in [0.1, 0.15) is 15.9 Å². The topological polar surface area (TPSA) is 32.7 Å². The van der Waals surface area contributed by atoms with Gasteiger partial charge in [0, 0.05) is 16.3 Å². The van der Waals surface area contributed by atoms with Gasteiger partial charge in [0.15, 0.2) is 0 Å². The van der Waals surface area contributed by atoms with Crippen LogP contribution in [0.2, 0.25) is 20.1 Å². The number of anilines is 1. The third-order valence-corrected chi connectivity index (χ3v) is 6.08. The van der Waals surface area contributed by atoms with E-state index in [9.17, 15) is 4.79 Å². The lowest BCUT2D eigenvalue weighted by Crippen LogP contribution is -2.32. The first kappa shape index (κ1) is 15.5. The molecule has 0 aromatic heterocycles. The molecule has 0 aliphatic carbocycles. The fourth-order valence-corrected chi connectivity index (χ4v) is 4.47. The summed E-state index contributed by atoms with van der Waals surface area (Å²) in [7, 11) is 0. The van der Waals surface area contributed by atoms with E-state index in [0.29, 0.717) is 38.6 Å². The predicted molar refractivity (Wildman–Crippen MR) is 103 cm³/mol. The first-order chi connectivity index (χ1) is 12.0. The van der Waals surface area contributed by atoms with Gasteiger partial charge in [-0.3, -0.25) is 9.69 Å². The van der Waals surface area contributed by atoms with Crippen molar-refractivity contribution in [1.29, 1.82) is 0 Å². The molecule has 0 saturated heterocycles. The molecule has 3 nitrogen and oxygen atoms in total. The Hall–Kier alpha value is -1.78. The molecular formula is C18H6Cl4N2O. The molecule has 5 rings (SSSR count). The van der Waals surface area contributed by atoms with E-state index < -0.39 is 0 Å². The lowest BCUT2D eigenvalue weighted by atomic mass is 10.0. The second-order valence-electron chi connectivity index (χ2n) is 5.73. The fraction of sp³-hybridized carbons (Fsp3) is 0. The molecule has 1 amide bonds. The number of benzene rings is 3. The first-order valence-electron chi connectivity index (χ1n) is 7.32. The quantitative estimate of drug-likeness (QED) is 0.391. The van der Waals surface area contributed by atoms with Gasteiger partial charge in [0.2, 0.25) is 0 Å². The third-order valence-electron chi connectivity index (χ3n) is 4.45. The highest BCUT2D eigenvalue weighted by atomic mass is 35.5. The van der Waals surface area contributed by atoms with E-state index in [1.807, 2.05) is 18.2 Å². The van der Waals surface area contributed by atoms with Crippen LogP contribution in [0.3, 0.4) is 0 Å². The second kappa shape index (κ2) is 5.12. The molecule has 3 aromatic carbocycles. The molecule has 0 unspecified atom stereocenters. The summed E-state index contributed by atoms with van der Waals surface area (Å²) in [6.45, 7) is 0. The number of rotatable bonds is 0. The van der Waals surface area contributed by atoms with Gasteiger partial charge in [0.05, 0.1) is 37.0 Å². The van der Waals surface area contributed by atoms with Crippen molar-refractivity contribution in [3.8, 4) is 0 Å². The van der Waals surface area contributed by atoms with Gasteiger partial charge < -0.3 is 0 Å². The van der Waals surface area contributed by atoms with Crippen LogP contribution in [0, 0.1) is 0 Å². The van der Waals surface area contributed by atoms with Gasteiger partial charge in [0.25, 0.3) is 5.91 Å². The van der Waals surface area contributed by atoms with E-state index in [2.05, 4.69) is 4.99 Å². The van der Waals surface area contributed by atoms with Crippen LogP contribution in [0.25, 0.3) is 10.8 Å². The van der Waals surface area contributed by atoms with Crippen molar-refractivity contribution >= 4 is 80.3 Å². The Morgan fingerprint density at radius 3 is 2.28 bits per heavy atom. The van der Waals surface area contributed by atoms with Crippen LogP contribution in [-0.2, 0) is 0 Å². The molecule has 2 aliphatic heterocycles. The van der Waals surface area contributed by atoms with E-state index in [1.54, 1.807) is 18.2 Å². The molecule has 2 aliphatic rings. The van der Waals surface area contributed by atoms with Crippen LogP contribution in [0.4, 0.5) is 11.4 Å². The van der Waals surface area contributed by atoms with E-state index in [1.165, 1.54) is 4.90 Å². The van der Waals surface area contributed by atoms with Crippen LogP contribution in [0.15, 0.2) is 41.4 Å². The average Bonchev–Trinajstić information content (AvgIpc) is 2.90. The van der Waals surface area contributed by atoms with E-state index in [0.717, 1.165) is 5.56 Å². The molecule has 122 valence electrons. The molecule has 0 N–H and O–H groups in total. The predicted octanol–water partition coefficient (Wildman–Crippen LogP) is 6.51. The maximum absolute atomic E-state index is 13.0. The number of halogens is 4. The number of amidine groups is 1. The summed E-state index contributed by atoms with van der Waals surface area (Å²) >= 11 is 25.6. The van der Waals surface area contributed by atoms with Crippen LogP contribution in [0.5, 0.6) is 0 Å². The lowest BCUT2D eigenvalue weighted by molar-refractivity contribution is 0.101. The van der Waals surface area contributed by atoms with Crippen molar-refractivity contribution in [2.45, 2.75) is 0 Å². The van der Waals surface area contributed by atoms with Gasteiger partial charge >= 0.3 is 0 Å². The molecule has 3 aromatic rings. The number of amides is 1. The van der Waals surface area contributed by atoms with Gasteiger partial charge in [-0.15, -0.1) is 0 Å². The Bertz CT molecular complexity index is 1170. The number of carbonyl (C=O) groups excluding carboxylic acids is 1. The number of fused-ring (bicyclic) bond motifs is 4. The highest BCUT2D eigenvalue weighted by molar-refractivity contribution is 6.56. The third kappa shape index (κ3) is 1.84. The molecule has 0 atom stereocenters. The molecule has 0 radical (unpaired) electrons. The molecule has 2 heterocycles. The van der Waals surface area contributed by atoms with Crippen LogP contribution >= 0.6 is 46.4 Å². The summed E-state index contributed by atoms with van der Waals surface area (Å²) in [5.74, 6) is 0.318. The molecule has 0 saturated carbocycles. The number of aliphatic imine (C=N–C) groups is 1. The highest BCUT2D eigenvalue weighted by Crippen LogP contribution is 2.53. The van der Waals surface area contributed by atoms with Crippen molar-refractivity contribution in [2.24, 2.45) is 4.99 Å². The van der Waals surface area contributed by atoms with Gasteiger partial charge in [-0.2, -0.15) is 0 Å². The fourth-order valence-electron chi connectivity index (χ4n) is 3.38. The highest BCUT2D eigenvalue weighted by Gasteiger charge is 2.40. The monoisotopic (exact) mass is 406 g/mol. The SMILES string of the molecule is O=C1c2ccccc2C2=Nc3ccc(Cl)c4c(Cl)c(Cl)c(Cl)c(c34)N12. The van der Waals surface area contributed by atoms with E-state index >= 15 is 0 Å². The maximum atomic E-state index is 13.0. The summed E-state index contributed by atoms with van der Waals surface area (Å²) in [4.78, 5) is 19.2. The van der Waals surface area contributed by atoms with Crippen molar-refractivity contribution in [2.75, 3.05) is 4.90 Å². The summed E-state index contributed by atoms with van der Waals surface area (Å²) in [6.07, 6.45) is 0. The zero-order valence-electron chi connectivity index (χ0n) is 12.3. The van der Waals surface area contributed by atoms with Crippen molar-refractivity contribution in [1.82, 2.24) is 0 Å². The number of hydrogen-bond donors (Lipinski definition) is 0. The molecule has 0 spiro atoms. The first-order valence-corrected chi connectivity index (χ1v) is 8.83. The molecule has 7 heteroatoms. The molecule has 25 heavy (non-hydrogen) atoms. The lowest BCUT2D eigenvalue weighted by Gasteiger charge is -2.27. The van der Waals surface area contributed by atoms with Crippen LogP contribution in [-0.4, -0.2) is 11.7 Å². The van der Waals surface area contributed by atoms with Crippen molar-refractivity contribution in [3.05, 3.63) is 67.6 Å². The van der Waals surface area contributed by atoms with E-state index in [-0.39, 0.29) is 21.0 Å². The second-order valence-corrected chi connectivity index (χ2v) is 7.27. The van der Waals surface area contributed by atoms with Crippen molar-refractivity contribution in [3.63, 3.8) is 0 Å². The van der Waals surface area contributed by atoms with Gasteiger partial charge in [-0.05, 0) is 18.2 Å². The Balaban J connectivity index is 1.99. The number of hydrogen-bond acceptors (Lipinski definition) is 2. The Morgan fingerprint density at radius 2 is 1.52 bits per heavy atom. The van der Waals surface area contributed by atoms with Crippen molar-refractivity contribution < 1.29 is 4.79 Å². The zero-order chi connectivity index (χ0) is 17.5. The summed E-state index contributed by atoms with van der Waals surface area (Å²) in [6, 6.07) is 10.8. The summed E-state index contributed by atoms with van der Waals surface area (Å²) < 4.78 is 0. The minimum absolute atomic E-state index is 0.162. The van der Waals surface area contributed by atoms with E-state index in [4.69, 9.17) is 46.4 Å². The molecular weight excluding hydrogens is 402 g/mol. The summed E-state index contributed by atoms with van der Waals surface area (Å²) in [5, 5.41) is 2.20. The largest absolute Gasteiger partial charge is 0.268 e. The van der Waals surface area contributed by atoms with Gasteiger partial charge in [-0.25, -0.2) is 4.99 Å². The zero-order valence-corrected chi connectivity index (χ0v) is 15.3.